The Morgan fingerprint density at radius 1 is 1.42 bits per heavy atom. The van der Waals surface area contributed by atoms with Crippen LogP contribution in [0.5, 0.6) is 11.5 Å². The highest BCUT2D eigenvalue weighted by Gasteiger charge is 2.13. The highest BCUT2D eigenvalue weighted by Crippen LogP contribution is 2.32. The zero-order valence-electron chi connectivity index (χ0n) is 9.48. The van der Waals surface area contributed by atoms with E-state index >= 15 is 0 Å². The lowest BCUT2D eigenvalue weighted by molar-refractivity contribution is -0.380. The first kappa shape index (κ1) is 11.6. The zero-order valence-corrected chi connectivity index (χ0v) is 10.3. The molecule has 96 valence electrons. The Bertz CT molecular complexity index is 668. The topological polar surface area (TPSA) is 86.9 Å². The van der Waals surface area contributed by atoms with E-state index < -0.39 is 4.92 Å². The van der Waals surface area contributed by atoms with Crippen LogP contribution >= 0.6 is 11.3 Å². The summed E-state index contributed by atoms with van der Waals surface area (Å²) in [6, 6.07) is 5.39. The molecule has 0 amide bonds. The van der Waals surface area contributed by atoms with E-state index in [2.05, 4.69) is 9.98 Å². The van der Waals surface area contributed by atoms with E-state index in [0.717, 1.165) is 16.9 Å². The summed E-state index contributed by atoms with van der Waals surface area (Å²) < 4.78 is 10.4. The van der Waals surface area contributed by atoms with Gasteiger partial charge in [0.05, 0.1) is 4.92 Å². The first-order valence-corrected chi connectivity index (χ1v) is 6.08. The van der Waals surface area contributed by atoms with Gasteiger partial charge in [0.1, 0.15) is 6.20 Å². The normalized spacial score (nSPS) is 13.1. The smallest absolute Gasteiger partial charge is 0.345 e. The molecule has 8 heteroatoms. The number of nitro groups is 1. The van der Waals surface area contributed by atoms with Crippen molar-refractivity contribution < 1.29 is 14.4 Å². The first-order valence-electron chi connectivity index (χ1n) is 5.26. The molecule has 0 N–H and O–H groups in total. The standard InChI is InChI=1S/C11H7N3O4S/c15-14(16)10-5-13-11(19-10)12-4-7-1-2-8-9(3-7)18-6-17-8/h1-5H,6H2. The molecule has 0 spiro atoms. The fourth-order valence-corrected chi connectivity index (χ4v) is 2.10. The van der Waals surface area contributed by atoms with Gasteiger partial charge in [0.2, 0.25) is 11.9 Å². The van der Waals surface area contributed by atoms with Crippen LogP contribution in [0, 0.1) is 10.1 Å². The maximum Gasteiger partial charge on any atom is 0.345 e. The van der Waals surface area contributed by atoms with Gasteiger partial charge in [-0.3, -0.25) is 10.1 Å². The van der Waals surface area contributed by atoms with E-state index in [1.165, 1.54) is 6.20 Å². The lowest BCUT2D eigenvalue weighted by Crippen LogP contribution is -1.92. The molecule has 0 fully saturated rings. The number of aromatic nitrogens is 1. The quantitative estimate of drug-likeness (QED) is 0.488. The lowest BCUT2D eigenvalue weighted by atomic mass is 10.2. The average molecular weight is 277 g/mol. The Balaban J connectivity index is 1.80. The van der Waals surface area contributed by atoms with E-state index in [0.29, 0.717) is 16.6 Å². The number of rotatable bonds is 3. The average Bonchev–Trinajstić information content (AvgIpc) is 3.04. The van der Waals surface area contributed by atoms with Gasteiger partial charge in [-0.25, -0.2) is 9.98 Å². The molecule has 0 aliphatic carbocycles. The summed E-state index contributed by atoms with van der Waals surface area (Å²) in [6.07, 6.45) is 2.77. The number of aliphatic imine (C=N–C) groups is 1. The summed E-state index contributed by atoms with van der Waals surface area (Å²) in [4.78, 5) is 18.0. The van der Waals surface area contributed by atoms with E-state index in [1.54, 1.807) is 18.3 Å². The van der Waals surface area contributed by atoms with E-state index in [-0.39, 0.29) is 11.8 Å². The van der Waals surface area contributed by atoms with Gasteiger partial charge in [-0.05, 0) is 35.1 Å². The number of benzene rings is 1. The van der Waals surface area contributed by atoms with Gasteiger partial charge in [0, 0.05) is 6.21 Å². The second-order valence-electron chi connectivity index (χ2n) is 3.61. The molecule has 0 saturated carbocycles. The third kappa shape index (κ3) is 2.38. The summed E-state index contributed by atoms with van der Waals surface area (Å²) in [6.45, 7) is 0.217. The molecule has 3 rings (SSSR count). The van der Waals surface area contributed by atoms with Gasteiger partial charge in [0.25, 0.3) is 0 Å². The molecular formula is C11H7N3O4S. The van der Waals surface area contributed by atoms with Crippen LogP contribution in [0.2, 0.25) is 0 Å². The molecule has 0 unspecified atom stereocenters. The van der Waals surface area contributed by atoms with Crippen molar-refractivity contribution in [2.24, 2.45) is 4.99 Å². The van der Waals surface area contributed by atoms with Crippen LogP contribution < -0.4 is 9.47 Å². The van der Waals surface area contributed by atoms with Crippen molar-refractivity contribution in [2.45, 2.75) is 0 Å². The predicted octanol–water partition coefficient (Wildman–Crippen LogP) is 2.53. The van der Waals surface area contributed by atoms with Crippen molar-refractivity contribution in [3.8, 4) is 11.5 Å². The highest BCUT2D eigenvalue weighted by atomic mass is 32.1. The third-order valence-corrected chi connectivity index (χ3v) is 3.24. The maximum absolute atomic E-state index is 10.5. The van der Waals surface area contributed by atoms with Gasteiger partial charge < -0.3 is 9.47 Å². The number of hydrogen-bond acceptors (Lipinski definition) is 7. The van der Waals surface area contributed by atoms with Gasteiger partial charge in [-0.1, -0.05) is 0 Å². The second kappa shape index (κ2) is 4.65. The summed E-state index contributed by atoms with van der Waals surface area (Å²) >= 11 is 0.922. The van der Waals surface area contributed by atoms with Crippen molar-refractivity contribution in [3.63, 3.8) is 0 Å². The van der Waals surface area contributed by atoms with Crippen LogP contribution in [0.15, 0.2) is 29.4 Å². The number of hydrogen-bond donors (Lipinski definition) is 0. The van der Waals surface area contributed by atoms with Crippen molar-refractivity contribution >= 4 is 27.7 Å². The van der Waals surface area contributed by atoms with E-state index in [1.807, 2.05) is 6.07 Å². The van der Waals surface area contributed by atoms with Gasteiger partial charge >= 0.3 is 5.00 Å². The minimum absolute atomic E-state index is 0.0298. The maximum atomic E-state index is 10.5. The summed E-state index contributed by atoms with van der Waals surface area (Å²) in [5.74, 6) is 1.36. The van der Waals surface area contributed by atoms with Gasteiger partial charge in [-0.15, -0.1) is 0 Å². The molecule has 2 heterocycles. The van der Waals surface area contributed by atoms with Crippen molar-refractivity contribution in [1.82, 2.24) is 4.98 Å². The summed E-state index contributed by atoms with van der Waals surface area (Å²) in [5.41, 5.74) is 0.808. The molecule has 19 heavy (non-hydrogen) atoms. The van der Waals surface area contributed by atoms with Crippen LogP contribution in [0.25, 0.3) is 0 Å². The van der Waals surface area contributed by atoms with Crippen LogP contribution in [-0.2, 0) is 0 Å². The fourth-order valence-electron chi connectivity index (χ4n) is 1.52. The van der Waals surface area contributed by atoms with E-state index in [9.17, 15) is 10.1 Å². The van der Waals surface area contributed by atoms with Crippen molar-refractivity contribution in [2.75, 3.05) is 6.79 Å². The molecule has 0 radical (unpaired) electrons. The number of fused-ring (bicyclic) bond motifs is 1. The van der Waals surface area contributed by atoms with E-state index in [4.69, 9.17) is 9.47 Å². The predicted molar refractivity (Wildman–Crippen MR) is 68.6 cm³/mol. The molecule has 0 atom stereocenters. The molecule has 1 aromatic carbocycles. The SMILES string of the molecule is O=[N+]([O-])c1cnc(N=Cc2ccc3c(c2)OCO3)s1. The minimum Gasteiger partial charge on any atom is -0.454 e. The first-order chi connectivity index (χ1) is 9.22. The molecule has 1 aliphatic rings. The Kier molecular flexibility index (Phi) is 2.84. The van der Waals surface area contributed by atoms with Crippen LogP contribution in [0.3, 0.4) is 0 Å². The highest BCUT2D eigenvalue weighted by molar-refractivity contribution is 7.18. The van der Waals surface area contributed by atoms with Crippen LogP contribution in [0.1, 0.15) is 5.56 Å². The zero-order chi connectivity index (χ0) is 13.2. The van der Waals surface area contributed by atoms with Crippen molar-refractivity contribution in [3.05, 3.63) is 40.1 Å². The Morgan fingerprint density at radius 2 is 2.26 bits per heavy atom. The van der Waals surface area contributed by atoms with Crippen molar-refractivity contribution in [1.29, 1.82) is 0 Å². The molecule has 7 nitrogen and oxygen atoms in total. The lowest BCUT2D eigenvalue weighted by Gasteiger charge is -1.96. The third-order valence-electron chi connectivity index (χ3n) is 2.38. The molecule has 0 saturated heterocycles. The van der Waals surface area contributed by atoms with Gasteiger partial charge in [-0.2, -0.15) is 0 Å². The minimum atomic E-state index is -0.489. The van der Waals surface area contributed by atoms with Crippen LogP contribution in [0.4, 0.5) is 10.1 Å². The number of ether oxygens (including phenoxy) is 2. The fraction of sp³-hybridized carbons (Fsp3) is 0.0909. The Morgan fingerprint density at radius 3 is 3.05 bits per heavy atom. The Labute approximate surface area is 111 Å². The molecular weight excluding hydrogens is 270 g/mol. The Hall–Kier alpha value is -2.48. The summed E-state index contributed by atoms with van der Waals surface area (Å²) in [5, 5.41) is 10.8. The largest absolute Gasteiger partial charge is 0.454 e. The molecule has 0 bridgehead atoms. The summed E-state index contributed by atoms with van der Waals surface area (Å²) in [7, 11) is 0. The molecule has 2 aromatic rings. The number of nitrogens with zero attached hydrogens (tertiary/aromatic N) is 3. The van der Waals surface area contributed by atoms with Gasteiger partial charge in [0.15, 0.2) is 11.5 Å². The van der Waals surface area contributed by atoms with Crippen LogP contribution in [-0.4, -0.2) is 22.9 Å². The number of thiazole rings is 1. The molecule has 1 aromatic heterocycles. The second-order valence-corrected chi connectivity index (χ2v) is 4.60. The monoisotopic (exact) mass is 277 g/mol. The molecule has 1 aliphatic heterocycles.